The van der Waals surface area contributed by atoms with Gasteiger partial charge in [0.05, 0.1) is 28.9 Å². The van der Waals surface area contributed by atoms with Crippen LogP contribution < -0.4 is 5.69 Å². The van der Waals surface area contributed by atoms with Crippen LogP contribution in [0.1, 0.15) is 40.1 Å². The molecule has 0 saturated carbocycles. The van der Waals surface area contributed by atoms with Crippen molar-refractivity contribution in [2.75, 3.05) is 6.54 Å². The molecule has 168 valence electrons. The monoisotopic (exact) mass is 459 g/mol. The minimum absolute atomic E-state index is 0.137. The minimum atomic E-state index is -0.861. The molecule has 10 heteroatoms. The Bertz CT molecular complexity index is 1610. The SMILES string of the molecule is N#Cc1ccc(-n2c(O)c3n(c2=O)[C@H]2C[C@@H]3N(C(=O)c3cc(F)cc(F)c3)C2)c2cccnc12. The molecule has 0 unspecified atom stereocenters. The number of imidazole rings is 1. The maximum absolute atomic E-state index is 13.7. The van der Waals surface area contributed by atoms with E-state index in [1.54, 1.807) is 18.2 Å². The predicted molar refractivity (Wildman–Crippen MR) is 115 cm³/mol. The van der Waals surface area contributed by atoms with Crippen molar-refractivity contribution in [3.63, 3.8) is 0 Å². The summed E-state index contributed by atoms with van der Waals surface area (Å²) in [4.78, 5) is 32.1. The number of carbonyl (C=O) groups is 1. The summed E-state index contributed by atoms with van der Waals surface area (Å²) in [5.74, 6) is -2.63. The van der Waals surface area contributed by atoms with E-state index in [1.807, 2.05) is 0 Å². The average Bonchev–Trinajstić information content (AvgIpc) is 3.49. The Morgan fingerprint density at radius 2 is 1.94 bits per heavy atom. The summed E-state index contributed by atoms with van der Waals surface area (Å²) < 4.78 is 30.0. The molecule has 4 heterocycles. The van der Waals surface area contributed by atoms with Crippen LogP contribution in [0.15, 0.2) is 53.5 Å². The van der Waals surface area contributed by atoms with Crippen LogP contribution in [0.5, 0.6) is 5.88 Å². The fourth-order valence-corrected chi connectivity index (χ4v) is 5.17. The Hall–Kier alpha value is -4.52. The van der Waals surface area contributed by atoms with Gasteiger partial charge in [-0.05, 0) is 42.8 Å². The Morgan fingerprint density at radius 3 is 2.68 bits per heavy atom. The third-order valence-electron chi connectivity index (χ3n) is 6.54. The van der Waals surface area contributed by atoms with Crippen LogP contribution in [0.3, 0.4) is 0 Å². The second-order valence-corrected chi connectivity index (χ2v) is 8.36. The third kappa shape index (κ3) is 2.64. The van der Waals surface area contributed by atoms with Crippen LogP contribution in [0.4, 0.5) is 8.78 Å². The number of fused-ring (bicyclic) bond motifs is 6. The molecule has 2 aliphatic heterocycles. The molecule has 6 rings (SSSR count). The van der Waals surface area contributed by atoms with Crippen molar-refractivity contribution in [2.24, 2.45) is 0 Å². The Balaban J connectivity index is 1.48. The molecule has 0 spiro atoms. The molecule has 4 aromatic rings. The highest BCUT2D eigenvalue weighted by molar-refractivity contribution is 5.95. The maximum atomic E-state index is 13.7. The maximum Gasteiger partial charge on any atom is 0.336 e. The van der Waals surface area contributed by atoms with E-state index < -0.39 is 29.3 Å². The molecule has 2 aromatic carbocycles. The normalized spacial score (nSPS) is 18.3. The number of rotatable bonds is 2. The summed E-state index contributed by atoms with van der Waals surface area (Å²) in [6, 6.07) is 10.1. The van der Waals surface area contributed by atoms with Crippen molar-refractivity contribution in [3.05, 3.63) is 87.6 Å². The fraction of sp³-hybridized carbons (Fsp3) is 0.167. The van der Waals surface area contributed by atoms with E-state index in [1.165, 1.54) is 21.7 Å². The Kier molecular flexibility index (Phi) is 4.13. The average molecular weight is 459 g/mol. The van der Waals surface area contributed by atoms with Gasteiger partial charge in [0.15, 0.2) is 0 Å². The number of hydrogen-bond donors (Lipinski definition) is 1. The Morgan fingerprint density at radius 1 is 1.18 bits per heavy atom. The summed E-state index contributed by atoms with van der Waals surface area (Å²) in [5, 5.41) is 21.1. The van der Waals surface area contributed by atoms with Gasteiger partial charge >= 0.3 is 5.69 Å². The van der Waals surface area contributed by atoms with Crippen molar-refractivity contribution in [3.8, 4) is 17.6 Å². The number of amides is 1. The number of carbonyl (C=O) groups excluding carboxylic acids is 1. The summed E-state index contributed by atoms with van der Waals surface area (Å²) in [6.07, 6.45) is 1.95. The summed E-state index contributed by atoms with van der Waals surface area (Å²) in [7, 11) is 0. The quantitative estimate of drug-likeness (QED) is 0.496. The lowest BCUT2D eigenvalue weighted by atomic mass is 10.1. The highest BCUT2D eigenvalue weighted by atomic mass is 19.1. The van der Waals surface area contributed by atoms with Crippen LogP contribution in [-0.2, 0) is 0 Å². The van der Waals surface area contributed by atoms with Gasteiger partial charge in [-0.15, -0.1) is 0 Å². The lowest BCUT2D eigenvalue weighted by Gasteiger charge is -2.27. The van der Waals surface area contributed by atoms with Gasteiger partial charge in [-0.3, -0.25) is 14.3 Å². The number of likely N-dealkylation sites (tertiary alicyclic amines) is 1. The van der Waals surface area contributed by atoms with E-state index in [-0.39, 0.29) is 29.7 Å². The van der Waals surface area contributed by atoms with Crippen LogP contribution >= 0.6 is 0 Å². The largest absolute Gasteiger partial charge is 0.493 e. The lowest BCUT2D eigenvalue weighted by molar-refractivity contribution is 0.0710. The number of nitriles is 1. The number of aromatic nitrogens is 3. The van der Waals surface area contributed by atoms with Gasteiger partial charge in [0, 0.05) is 29.8 Å². The zero-order chi connectivity index (χ0) is 23.7. The standard InChI is InChI=1S/C24H15F2N5O3/c25-14-6-13(7-15(26)8-14)22(32)29-11-16-9-19(29)21-23(33)31(24(34)30(16)21)18-4-3-12(10-27)20-17(18)2-1-5-28-20/h1-8,16,19,33H,9,11H2/t16-,19-/m0/s1. The second kappa shape index (κ2) is 6.99. The van der Waals surface area contributed by atoms with Gasteiger partial charge in [-0.1, -0.05) is 0 Å². The molecule has 0 radical (unpaired) electrons. The van der Waals surface area contributed by atoms with Crippen molar-refractivity contribution in [1.82, 2.24) is 19.0 Å². The first-order chi connectivity index (χ1) is 16.4. The van der Waals surface area contributed by atoms with Crippen molar-refractivity contribution < 1.29 is 18.7 Å². The van der Waals surface area contributed by atoms with Gasteiger partial charge in [-0.25, -0.2) is 18.1 Å². The van der Waals surface area contributed by atoms with Crippen LogP contribution in [0.2, 0.25) is 0 Å². The van der Waals surface area contributed by atoms with Crippen LogP contribution in [0, 0.1) is 23.0 Å². The summed E-state index contributed by atoms with van der Waals surface area (Å²) in [5.41, 5.74) is 0.746. The van der Waals surface area contributed by atoms with Gasteiger partial charge < -0.3 is 10.0 Å². The zero-order valence-electron chi connectivity index (χ0n) is 17.4. The fourth-order valence-electron chi connectivity index (χ4n) is 5.17. The van der Waals surface area contributed by atoms with E-state index in [9.17, 15) is 28.7 Å². The highest BCUT2D eigenvalue weighted by Crippen LogP contribution is 2.49. The minimum Gasteiger partial charge on any atom is -0.493 e. The zero-order valence-corrected chi connectivity index (χ0v) is 17.4. The van der Waals surface area contributed by atoms with Gasteiger partial charge in [0.25, 0.3) is 5.91 Å². The third-order valence-corrected chi connectivity index (χ3v) is 6.54. The molecular formula is C24H15F2N5O3. The molecule has 1 N–H and O–H groups in total. The number of hydrogen-bond acceptors (Lipinski definition) is 5. The second-order valence-electron chi connectivity index (χ2n) is 8.36. The molecule has 2 atom stereocenters. The van der Waals surface area contributed by atoms with Crippen LogP contribution in [0.25, 0.3) is 16.6 Å². The molecule has 2 aromatic heterocycles. The molecule has 2 bridgehead atoms. The molecule has 1 amide bonds. The highest BCUT2D eigenvalue weighted by Gasteiger charge is 2.49. The van der Waals surface area contributed by atoms with E-state index in [0.717, 1.165) is 16.7 Å². The molecular weight excluding hydrogens is 444 g/mol. The van der Waals surface area contributed by atoms with Gasteiger partial charge in [0.1, 0.15) is 23.4 Å². The number of nitrogens with zero attached hydrogens (tertiary/aromatic N) is 5. The Labute approximate surface area is 190 Å². The molecule has 8 nitrogen and oxygen atoms in total. The van der Waals surface area contributed by atoms with E-state index in [0.29, 0.717) is 34.6 Å². The van der Waals surface area contributed by atoms with E-state index in [2.05, 4.69) is 11.1 Å². The first-order valence-electron chi connectivity index (χ1n) is 10.5. The number of benzene rings is 2. The predicted octanol–water partition coefficient (Wildman–Crippen LogP) is 3.18. The van der Waals surface area contributed by atoms with Crippen molar-refractivity contribution in [2.45, 2.75) is 18.5 Å². The molecule has 0 aliphatic carbocycles. The first-order valence-corrected chi connectivity index (χ1v) is 10.5. The van der Waals surface area contributed by atoms with Crippen molar-refractivity contribution in [1.29, 1.82) is 5.26 Å². The lowest BCUT2D eigenvalue weighted by Crippen LogP contribution is -2.37. The van der Waals surface area contributed by atoms with Gasteiger partial charge in [-0.2, -0.15) is 5.26 Å². The molecule has 1 saturated heterocycles. The smallest absolute Gasteiger partial charge is 0.336 e. The molecule has 2 aliphatic rings. The first kappa shape index (κ1) is 20.1. The number of pyridine rings is 1. The summed E-state index contributed by atoms with van der Waals surface area (Å²) in [6.45, 7) is 0.174. The van der Waals surface area contributed by atoms with Crippen LogP contribution in [-0.4, -0.2) is 36.6 Å². The molecule has 34 heavy (non-hydrogen) atoms. The van der Waals surface area contributed by atoms with E-state index in [4.69, 9.17) is 0 Å². The molecule has 1 fully saturated rings. The van der Waals surface area contributed by atoms with Crippen molar-refractivity contribution >= 4 is 16.8 Å². The number of halogens is 2. The summed E-state index contributed by atoms with van der Waals surface area (Å²) >= 11 is 0. The number of aromatic hydroxyl groups is 1. The van der Waals surface area contributed by atoms with E-state index >= 15 is 0 Å². The topological polar surface area (TPSA) is 104 Å². The van der Waals surface area contributed by atoms with Gasteiger partial charge in [0.2, 0.25) is 5.88 Å².